The zero-order valence-corrected chi connectivity index (χ0v) is 16.1. The van der Waals surface area contributed by atoms with Crippen molar-refractivity contribution in [3.63, 3.8) is 0 Å². The van der Waals surface area contributed by atoms with Gasteiger partial charge in [0.25, 0.3) is 0 Å². The molecule has 2 rings (SSSR count). The summed E-state index contributed by atoms with van der Waals surface area (Å²) in [5, 5.41) is 12.4. The first-order valence-corrected chi connectivity index (χ1v) is 9.80. The van der Waals surface area contributed by atoms with Crippen molar-refractivity contribution >= 4 is 11.8 Å². The maximum Gasteiger partial charge on any atom is 0.237 e. The Morgan fingerprint density at radius 1 is 1.27 bits per heavy atom. The van der Waals surface area contributed by atoms with Crippen LogP contribution in [0, 0.1) is 17.2 Å². The number of amides is 2. The Labute approximate surface area is 156 Å². The normalized spacial score (nSPS) is 25.7. The van der Waals surface area contributed by atoms with Crippen molar-refractivity contribution in [2.75, 3.05) is 39.9 Å². The number of nitriles is 1. The molecule has 1 atom stereocenters. The van der Waals surface area contributed by atoms with Gasteiger partial charge in [0, 0.05) is 38.7 Å². The Balaban J connectivity index is 1.72. The highest BCUT2D eigenvalue weighted by molar-refractivity contribution is 5.79. The van der Waals surface area contributed by atoms with Crippen LogP contribution in [-0.2, 0) is 14.3 Å². The molecule has 26 heavy (non-hydrogen) atoms. The summed E-state index contributed by atoms with van der Waals surface area (Å²) in [5.74, 6) is 0.332. The van der Waals surface area contributed by atoms with Crippen LogP contribution in [0.2, 0.25) is 0 Å². The van der Waals surface area contributed by atoms with Crippen molar-refractivity contribution in [3.05, 3.63) is 0 Å². The Bertz CT molecular complexity index is 511. The van der Waals surface area contributed by atoms with E-state index in [4.69, 9.17) is 10.00 Å². The average molecular weight is 364 g/mol. The number of hydrogen-bond acceptors (Lipinski definition) is 5. The molecule has 7 nitrogen and oxygen atoms in total. The second kappa shape index (κ2) is 10.5. The van der Waals surface area contributed by atoms with Crippen molar-refractivity contribution in [1.29, 1.82) is 5.26 Å². The van der Waals surface area contributed by atoms with Crippen LogP contribution in [-0.4, -0.2) is 73.6 Å². The molecule has 146 valence electrons. The molecule has 1 N–H and O–H groups in total. The van der Waals surface area contributed by atoms with E-state index in [0.29, 0.717) is 26.2 Å². The maximum atomic E-state index is 12.6. The zero-order chi connectivity index (χ0) is 18.9. The lowest BCUT2D eigenvalue weighted by Crippen LogP contribution is -2.45. The number of hydrogen-bond donors (Lipinski definition) is 1. The van der Waals surface area contributed by atoms with Gasteiger partial charge >= 0.3 is 0 Å². The minimum Gasteiger partial charge on any atom is -0.383 e. The van der Waals surface area contributed by atoms with E-state index in [1.54, 1.807) is 12.0 Å². The third kappa shape index (κ3) is 5.42. The molecule has 2 aliphatic rings. The molecule has 0 bridgehead atoms. The molecule has 1 heterocycles. The predicted molar refractivity (Wildman–Crippen MR) is 98.2 cm³/mol. The van der Waals surface area contributed by atoms with E-state index in [2.05, 4.69) is 11.4 Å². The van der Waals surface area contributed by atoms with Gasteiger partial charge in [0.05, 0.1) is 19.2 Å². The van der Waals surface area contributed by atoms with Crippen LogP contribution >= 0.6 is 0 Å². The molecular weight excluding hydrogens is 332 g/mol. The molecule has 2 fully saturated rings. The number of nitrogens with zero attached hydrogens (tertiary/aromatic N) is 3. The number of carbonyl (C=O) groups is 2. The molecule has 1 saturated heterocycles. The van der Waals surface area contributed by atoms with Crippen molar-refractivity contribution in [2.24, 2.45) is 5.92 Å². The highest BCUT2D eigenvalue weighted by Crippen LogP contribution is 2.26. The fourth-order valence-electron chi connectivity index (χ4n) is 3.96. The van der Waals surface area contributed by atoms with Gasteiger partial charge in [-0.2, -0.15) is 5.26 Å². The summed E-state index contributed by atoms with van der Waals surface area (Å²) in [6, 6.07) is 2.23. The lowest BCUT2D eigenvalue weighted by atomic mass is 9.85. The highest BCUT2D eigenvalue weighted by atomic mass is 16.5. The number of ether oxygens (including phenoxy) is 1. The number of methoxy groups -OCH3 is 1. The summed E-state index contributed by atoms with van der Waals surface area (Å²) in [5.41, 5.74) is 0. The molecular formula is C19H32N4O3. The van der Waals surface area contributed by atoms with Gasteiger partial charge in [0.2, 0.25) is 11.8 Å². The molecule has 0 unspecified atom stereocenters. The maximum absolute atomic E-state index is 12.6. The average Bonchev–Trinajstić information content (AvgIpc) is 3.16. The molecule has 0 aromatic carbocycles. The fraction of sp³-hybridized carbons (Fsp3) is 0.842. The van der Waals surface area contributed by atoms with Gasteiger partial charge in [-0.3, -0.25) is 9.59 Å². The van der Waals surface area contributed by atoms with Crippen LogP contribution in [0.25, 0.3) is 0 Å². The Kier molecular flexibility index (Phi) is 8.33. The molecule has 0 spiro atoms. The van der Waals surface area contributed by atoms with E-state index in [1.807, 2.05) is 11.8 Å². The third-order valence-electron chi connectivity index (χ3n) is 5.60. The van der Waals surface area contributed by atoms with Crippen molar-refractivity contribution in [2.45, 2.75) is 57.5 Å². The van der Waals surface area contributed by atoms with E-state index in [0.717, 1.165) is 38.5 Å². The van der Waals surface area contributed by atoms with E-state index in [-0.39, 0.29) is 36.4 Å². The number of nitrogens with one attached hydrogen (secondary N) is 1. The summed E-state index contributed by atoms with van der Waals surface area (Å²) in [6.45, 7) is 4.90. The van der Waals surface area contributed by atoms with Gasteiger partial charge in [-0.1, -0.05) is 0 Å². The minimum atomic E-state index is -0.259. The molecule has 7 heteroatoms. The molecule has 0 aromatic heterocycles. The van der Waals surface area contributed by atoms with Gasteiger partial charge in [0.15, 0.2) is 0 Å². The number of carbonyl (C=O) groups excluding carboxylic acids is 2. The molecule has 1 saturated carbocycles. The van der Waals surface area contributed by atoms with Crippen LogP contribution in [0.15, 0.2) is 0 Å². The van der Waals surface area contributed by atoms with Crippen LogP contribution < -0.4 is 5.32 Å². The van der Waals surface area contributed by atoms with Gasteiger partial charge in [-0.05, 0) is 45.4 Å². The molecule has 0 radical (unpaired) electrons. The van der Waals surface area contributed by atoms with Crippen molar-refractivity contribution in [1.82, 2.24) is 15.1 Å². The number of likely N-dealkylation sites (tertiary alicyclic amines) is 1. The topological polar surface area (TPSA) is 85.7 Å². The predicted octanol–water partition coefficient (Wildman–Crippen LogP) is 1.14. The molecule has 1 aliphatic heterocycles. The zero-order valence-electron chi connectivity index (χ0n) is 16.1. The van der Waals surface area contributed by atoms with Gasteiger partial charge < -0.3 is 19.9 Å². The van der Waals surface area contributed by atoms with Gasteiger partial charge in [-0.15, -0.1) is 0 Å². The quantitative estimate of drug-likeness (QED) is 0.698. The summed E-state index contributed by atoms with van der Waals surface area (Å²) >= 11 is 0. The van der Waals surface area contributed by atoms with Crippen LogP contribution in [0.5, 0.6) is 0 Å². The standard InChI is InChI=1S/C19H32N4O3/c1-3-22(11-12-26-2)19(25)15-6-8-16(9-7-15)21-14-18(24)23-10-4-5-17(23)13-20/h15-17,21H,3-12,14H2,1-2H3/t15?,16?,17-/m0/s1. The van der Waals surface area contributed by atoms with Crippen molar-refractivity contribution in [3.8, 4) is 6.07 Å². The second-order valence-electron chi connectivity index (χ2n) is 7.21. The van der Waals surface area contributed by atoms with E-state index < -0.39 is 0 Å². The Morgan fingerprint density at radius 2 is 2.00 bits per heavy atom. The largest absolute Gasteiger partial charge is 0.383 e. The fourth-order valence-corrected chi connectivity index (χ4v) is 3.96. The molecule has 2 amide bonds. The van der Waals surface area contributed by atoms with E-state index >= 15 is 0 Å². The first kappa shape index (κ1) is 20.7. The number of rotatable bonds is 8. The van der Waals surface area contributed by atoms with Gasteiger partial charge in [0.1, 0.15) is 6.04 Å². The van der Waals surface area contributed by atoms with Crippen LogP contribution in [0.4, 0.5) is 0 Å². The lowest BCUT2D eigenvalue weighted by molar-refractivity contribution is -0.137. The SMILES string of the molecule is CCN(CCOC)C(=O)C1CCC(NCC(=O)N2CCC[C@H]2C#N)CC1. The minimum absolute atomic E-state index is 0.0176. The van der Waals surface area contributed by atoms with E-state index in [9.17, 15) is 9.59 Å². The summed E-state index contributed by atoms with van der Waals surface area (Å²) in [7, 11) is 1.65. The third-order valence-corrected chi connectivity index (χ3v) is 5.60. The van der Waals surface area contributed by atoms with Crippen molar-refractivity contribution < 1.29 is 14.3 Å². The monoisotopic (exact) mass is 364 g/mol. The Hall–Kier alpha value is -1.65. The first-order chi connectivity index (χ1) is 12.6. The van der Waals surface area contributed by atoms with E-state index in [1.165, 1.54) is 0 Å². The summed E-state index contributed by atoms with van der Waals surface area (Å²) in [4.78, 5) is 28.5. The smallest absolute Gasteiger partial charge is 0.237 e. The molecule has 1 aliphatic carbocycles. The van der Waals surface area contributed by atoms with Crippen LogP contribution in [0.3, 0.4) is 0 Å². The first-order valence-electron chi connectivity index (χ1n) is 9.80. The highest BCUT2D eigenvalue weighted by Gasteiger charge is 2.31. The second-order valence-corrected chi connectivity index (χ2v) is 7.21. The van der Waals surface area contributed by atoms with Crippen LogP contribution in [0.1, 0.15) is 45.4 Å². The van der Waals surface area contributed by atoms with Gasteiger partial charge in [-0.25, -0.2) is 0 Å². The summed E-state index contributed by atoms with van der Waals surface area (Å²) < 4.78 is 5.08. The Morgan fingerprint density at radius 3 is 2.62 bits per heavy atom. The number of likely N-dealkylation sites (N-methyl/N-ethyl adjacent to an activating group) is 1. The summed E-state index contributed by atoms with van der Waals surface area (Å²) in [6.07, 6.45) is 5.23. The molecule has 0 aromatic rings. The lowest BCUT2D eigenvalue weighted by Gasteiger charge is -2.32.